The molecule has 0 amide bonds. The van der Waals surface area contributed by atoms with Crippen LogP contribution in [0.5, 0.6) is 0 Å². The second-order valence-corrected chi connectivity index (χ2v) is 3.94. The summed E-state index contributed by atoms with van der Waals surface area (Å²) in [4.78, 5) is 7.81. The van der Waals surface area contributed by atoms with Gasteiger partial charge in [0.25, 0.3) is 0 Å². The normalized spacial score (nSPS) is 15.5. The van der Waals surface area contributed by atoms with Gasteiger partial charge in [-0.05, 0) is 12.3 Å². The Balaban J connectivity index is 1.90. The lowest BCUT2D eigenvalue weighted by Gasteiger charge is -2.07. The van der Waals surface area contributed by atoms with Crippen molar-refractivity contribution in [2.75, 3.05) is 17.6 Å². The van der Waals surface area contributed by atoms with E-state index in [4.69, 9.17) is 17.3 Å². The summed E-state index contributed by atoms with van der Waals surface area (Å²) in [5.41, 5.74) is 6.13. The van der Waals surface area contributed by atoms with Crippen LogP contribution in [0.15, 0.2) is 6.33 Å². The molecule has 0 atom stereocenters. The molecular weight excluding hydrogens is 200 g/mol. The van der Waals surface area contributed by atoms with Crippen molar-refractivity contribution < 1.29 is 0 Å². The molecule has 0 radical (unpaired) electrons. The molecule has 0 saturated heterocycles. The Bertz CT molecular complexity index is 325. The summed E-state index contributed by atoms with van der Waals surface area (Å²) in [5.74, 6) is 1.55. The maximum absolute atomic E-state index is 5.75. The highest BCUT2D eigenvalue weighted by molar-refractivity contribution is 6.32. The second-order valence-electron chi connectivity index (χ2n) is 3.59. The van der Waals surface area contributed by atoms with Crippen LogP contribution in [0, 0.1) is 5.92 Å². The van der Waals surface area contributed by atoms with Gasteiger partial charge in [0.1, 0.15) is 12.0 Å². The van der Waals surface area contributed by atoms with E-state index in [1.54, 1.807) is 0 Å². The van der Waals surface area contributed by atoms with Crippen molar-refractivity contribution in [2.24, 2.45) is 5.92 Å². The van der Waals surface area contributed by atoms with E-state index >= 15 is 0 Å². The van der Waals surface area contributed by atoms with Crippen molar-refractivity contribution >= 4 is 23.1 Å². The third-order valence-corrected chi connectivity index (χ3v) is 2.68. The van der Waals surface area contributed by atoms with Crippen LogP contribution >= 0.6 is 11.6 Å². The standard InChI is InChI=1S/C9H13ClN4/c10-8-7(11)9(14-5-13-8)12-4-3-6-1-2-6/h5-6H,1-4,11H2,(H,12,13,14). The molecule has 0 bridgehead atoms. The Hall–Kier alpha value is -1.03. The van der Waals surface area contributed by atoms with Gasteiger partial charge in [-0.1, -0.05) is 24.4 Å². The minimum absolute atomic E-state index is 0.314. The minimum Gasteiger partial charge on any atom is -0.393 e. The summed E-state index contributed by atoms with van der Waals surface area (Å²) in [6.45, 7) is 0.905. The average Bonchev–Trinajstić information content (AvgIpc) is 2.96. The molecule has 1 heterocycles. The van der Waals surface area contributed by atoms with E-state index in [0.717, 1.165) is 12.5 Å². The molecule has 3 N–H and O–H groups in total. The van der Waals surface area contributed by atoms with Gasteiger partial charge in [0.15, 0.2) is 11.0 Å². The number of hydrogen-bond donors (Lipinski definition) is 2. The number of rotatable bonds is 4. The van der Waals surface area contributed by atoms with Crippen molar-refractivity contribution in [1.82, 2.24) is 9.97 Å². The highest BCUT2D eigenvalue weighted by atomic mass is 35.5. The minimum atomic E-state index is 0.314. The molecule has 1 aromatic rings. The van der Waals surface area contributed by atoms with Crippen molar-refractivity contribution in [3.63, 3.8) is 0 Å². The van der Waals surface area contributed by atoms with Crippen LogP contribution in [0.1, 0.15) is 19.3 Å². The van der Waals surface area contributed by atoms with Gasteiger partial charge in [-0.15, -0.1) is 0 Å². The first-order valence-corrected chi connectivity index (χ1v) is 5.15. The number of halogens is 1. The van der Waals surface area contributed by atoms with Crippen LogP contribution in [0.4, 0.5) is 11.5 Å². The zero-order valence-corrected chi connectivity index (χ0v) is 8.59. The molecule has 1 saturated carbocycles. The Morgan fingerprint density at radius 2 is 2.29 bits per heavy atom. The molecule has 1 fully saturated rings. The molecule has 1 aliphatic carbocycles. The monoisotopic (exact) mass is 212 g/mol. The molecule has 76 valence electrons. The first kappa shape index (κ1) is 9.52. The van der Waals surface area contributed by atoms with Crippen molar-refractivity contribution in [3.8, 4) is 0 Å². The van der Waals surface area contributed by atoms with Gasteiger partial charge in [-0.3, -0.25) is 0 Å². The third kappa shape index (κ3) is 2.26. The van der Waals surface area contributed by atoms with Crippen LogP contribution < -0.4 is 11.1 Å². The zero-order valence-electron chi connectivity index (χ0n) is 7.83. The number of aromatic nitrogens is 2. The Morgan fingerprint density at radius 1 is 1.50 bits per heavy atom. The summed E-state index contributed by atoms with van der Waals surface area (Å²) >= 11 is 5.75. The number of nitrogens with zero attached hydrogens (tertiary/aromatic N) is 2. The van der Waals surface area contributed by atoms with Gasteiger partial charge >= 0.3 is 0 Å². The predicted octanol–water partition coefficient (Wildman–Crippen LogP) is 1.92. The topological polar surface area (TPSA) is 63.8 Å². The molecule has 0 aliphatic heterocycles. The first-order chi connectivity index (χ1) is 6.77. The average molecular weight is 213 g/mol. The van der Waals surface area contributed by atoms with E-state index in [2.05, 4.69) is 15.3 Å². The Morgan fingerprint density at radius 3 is 3.00 bits per heavy atom. The largest absolute Gasteiger partial charge is 0.393 e. The highest BCUT2D eigenvalue weighted by Gasteiger charge is 2.20. The SMILES string of the molecule is Nc1c(Cl)ncnc1NCCC1CC1. The Labute approximate surface area is 87.9 Å². The quantitative estimate of drug-likeness (QED) is 0.749. The van der Waals surface area contributed by atoms with E-state index in [0.29, 0.717) is 16.7 Å². The van der Waals surface area contributed by atoms with Gasteiger partial charge in [0.05, 0.1) is 0 Å². The molecule has 5 heteroatoms. The van der Waals surface area contributed by atoms with Crippen molar-refractivity contribution in [3.05, 3.63) is 11.5 Å². The van der Waals surface area contributed by atoms with Crippen LogP contribution in [0.2, 0.25) is 5.15 Å². The molecule has 14 heavy (non-hydrogen) atoms. The van der Waals surface area contributed by atoms with Crippen LogP contribution in [0.25, 0.3) is 0 Å². The lowest BCUT2D eigenvalue weighted by atomic mass is 10.3. The van der Waals surface area contributed by atoms with Crippen molar-refractivity contribution in [2.45, 2.75) is 19.3 Å². The van der Waals surface area contributed by atoms with E-state index in [-0.39, 0.29) is 0 Å². The van der Waals surface area contributed by atoms with Crippen LogP contribution in [-0.4, -0.2) is 16.5 Å². The van der Waals surface area contributed by atoms with Gasteiger partial charge in [0.2, 0.25) is 0 Å². The molecule has 2 rings (SSSR count). The fourth-order valence-electron chi connectivity index (χ4n) is 1.32. The zero-order chi connectivity index (χ0) is 9.97. The maximum atomic E-state index is 5.75. The lowest BCUT2D eigenvalue weighted by molar-refractivity contribution is 0.758. The molecule has 1 aliphatic rings. The summed E-state index contributed by atoms with van der Waals surface area (Å²) < 4.78 is 0. The molecule has 0 unspecified atom stereocenters. The van der Waals surface area contributed by atoms with Gasteiger partial charge < -0.3 is 11.1 Å². The molecule has 0 aromatic carbocycles. The summed E-state index contributed by atoms with van der Waals surface area (Å²) in [6, 6.07) is 0. The van der Waals surface area contributed by atoms with Crippen LogP contribution in [-0.2, 0) is 0 Å². The molecular formula is C9H13ClN4. The van der Waals surface area contributed by atoms with E-state index in [9.17, 15) is 0 Å². The number of nitrogens with one attached hydrogen (secondary N) is 1. The molecule has 4 nitrogen and oxygen atoms in total. The fraction of sp³-hybridized carbons (Fsp3) is 0.556. The number of nitrogens with two attached hydrogens (primary N) is 1. The number of anilines is 2. The van der Waals surface area contributed by atoms with E-state index in [1.165, 1.54) is 25.6 Å². The van der Waals surface area contributed by atoms with E-state index < -0.39 is 0 Å². The molecule has 0 spiro atoms. The van der Waals surface area contributed by atoms with Crippen LogP contribution in [0.3, 0.4) is 0 Å². The summed E-state index contributed by atoms with van der Waals surface area (Å²) in [6.07, 6.45) is 5.32. The number of nitrogen functional groups attached to an aromatic ring is 1. The summed E-state index contributed by atoms with van der Waals surface area (Å²) in [5, 5.41) is 3.48. The van der Waals surface area contributed by atoms with Gasteiger partial charge in [-0.2, -0.15) is 0 Å². The fourth-order valence-corrected chi connectivity index (χ4v) is 1.45. The molecule has 1 aromatic heterocycles. The Kier molecular flexibility index (Phi) is 2.72. The van der Waals surface area contributed by atoms with Gasteiger partial charge in [0, 0.05) is 6.54 Å². The first-order valence-electron chi connectivity index (χ1n) is 4.77. The summed E-state index contributed by atoms with van der Waals surface area (Å²) in [7, 11) is 0. The second kappa shape index (κ2) is 4.00. The van der Waals surface area contributed by atoms with E-state index in [1.807, 2.05) is 0 Å². The predicted molar refractivity (Wildman–Crippen MR) is 57.3 cm³/mol. The highest BCUT2D eigenvalue weighted by Crippen LogP contribution is 2.32. The van der Waals surface area contributed by atoms with Crippen molar-refractivity contribution in [1.29, 1.82) is 0 Å². The number of hydrogen-bond acceptors (Lipinski definition) is 4. The third-order valence-electron chi connectivity index (χ3n) is 2.38. The smallest absolute Gasteiger partial charge is 0.157 e. The maximum Gasteiger partial charge on any atom is 0.157 e. The lowest BCUT2D eigenvalue weighted by Crippen LogP contribution is -2.07. The van der Waals surface area contributed by atoms with Gasteiger partial charge in [-0.25, -0.2) is 9.97 Å².